The van der Waals surface area contributed by atoms with Gasteiger partial charge in [0.2, 0.25) is 0 Å². The summed E-state index contributed by atoms with van der Waals surface area (Å²) in [6.07, 6.45) is 2.32. The Labute approximate surface area is 96.9 Å². The Morgan fingerprint density at radius 1 is 1.50 bits per heavy atom. The van der Waals surface area contributed by atoms with Crippen molar-refractivity contribution in [2.45, 2.75) is 40.0 Å². The monoisotopic (exact) mass is 224 g/mol. The maximum Gasteiger partial charge on any atom is 0.333 e. The number of ketones is 1. The number of carbonyl (C=O) groups excluding carboxylic acids is 2. The summed E-state index contributed by atoms with van der Waals surface area (Å²) in [6, 6.07) is 0. The van der Waals surface area contributed by atoms with Crippen molar-refractivity contribution in [3.63, 3.8) is 0 Å². The van der Waals surface area contributed by atoms with Gasteiger partial charge in [-0.25, -0.2) is 4.79 Å². The molecule has 1 aliphatic carbocycles. The molecule has 0 unspecified atom stereocenters. The van der Waals surface area contributed by atoms with E-state index in [2.05, 4.69) is 0 Å². The number of carbonyl (C=O) groups is 2. The van der Waals surface area contributed by atoms with Crippen LogP contribution >= 0.6 is 0 Å². The van der Waals surface area contributed by atoms with Gasteiger partial charge in [-0.1, -0.05) is 19.4 Å². The van der Waals surface area contributed by atoms with Gasteiger partial charge in [0.15, 0.2) is 0 Å². The molecule has 16 heavy (non-hydrogen) atoms. The fourth-order valence-corrected chi connectivity index (χ4v) is 2.45. The van der Waals surface area contributed by atoms with Crippen LogP contribution in [0.3, 0.4) is 0 Å². The quantitative estimate of drug-likeness (QED) is 0.689. The second-order valence-electron chi connectivity index (χ2n) is 4.44. The van der Waals surface area contributed by atoms with Gasteiger partial charge < -0.3 is 4.74 Å². The van der Waals surface area contributed by atoms with Crippen LogP contribution in [-0.4, -0.2) is 18.9 Å². The number of rotatable bonds is 4. The molecule has 0 aliphatic heterocycles. The smallest absolute Gasteiger partial charge is 0.333 e. The van der Waals surface area contributed by atoms with Crippen LogP contribution in [0.1, 0.15) is 40.0 Å². The molecule has 0 aromatic carbocycles. The van der Waals surface area contributed by atoms with Crippen LogP contribution in [0.4, 0.5) is 0 Å². The van der Waals surface area contributed by atoms with Gasteiger partial charge in [0, 0.05) is 23.8 Å². The molecule has 0 saturated carbocycles. The molecule has 0 heterocycles. The van der Waals surface area contributed by atoms with E-state index in [9.17, 15) is 9.59 Å². The highest BCUT2D eigenvalue weighted by molar-refractivity contribution is 5.92. The summed E-state index contributed by atoms with van der Waals surface area (Å²) < 4.78 is 4.79. The molecule has 1 rings (SSSR count). The third-order valence-electron chi connectivity index (χ3n) is 3.53. The van der Waals surface area contributed by atoms with E-state index < -0.39 is 0 Å². The highest BCUT2D eigenvalue weighted by Crippen LogP contribution is 2.38. The first-order chi connectivity index (χ1) is 7.52. The molecule has 0 N–H and O–H groups in total. The van der Waals surface area contributed by atoms with Crippen LogP contribution in [0.25, 0.3) is 0 Å². The lowest BCUT2D eigenvalue weighted by atomic mass is 9.84. The zero-order chi connectivity index (χ0) is 12.3. The van der Waals surface area contributed by atoms with Crippen LogP contribution in [0.2, 0.25) is 0 Å². The van der Waals surface area contributed by atoms with Crippen molar-refractivity contribution >= 4 is 11.8 Å². The van der Waals surface area contributed by atoms with Crippen molar-refractivity contribution in [3.8, 4) is 0 Å². The minimum absolute atomic E-state index is 0.0555. The maximum atomic E-state index is 11.7. The summed E-state index contributed by atoms with van der Waals surface area (Å²) in [5.74, 6) is -0.0618. The van der Waals surface area contributed by atoms with E-state index in [1.165, 1.54) is 7.11 Å². The van der Waals surface area contributed by atoms with Crippen LogP contribution in [0.15, 0.2) is 11.1 Å². The molecule has 3 heteroatoms. The van der Waals surface area contributed by atoms with E-state index in [0.717, 1.165) is 24.0 Å². The lowest BCUT2D eigenvalue weighted by Gasteiger charge is -2.19. The van der Waals surface area contributed by atoms with Crippen molar-refractivity contribution < 1.29 is 14.3 Å². The van der Waals surface area contributed by atoms with Crippen molar-refractivity contribution in [1.82, 2.24) is 0 Å². The molecule has 1 aliphatic rings. The van der Waals surface area contributed by atoms with E-state index in [1.807, 2.05) is 20.8 Å². The molecular weight excluding hydrogens is 204 g/mol. The lowest BCUT2D eigenvalue weighted by Crippen LogP contribution is -2.24. The Kier molecular flexibility index (Phi) is 4.27. The topological polar surface area (TPSA) is 43.4 Å². The molecule has 0 aromatic rings. The molecule has 0 aromatic heterocycles. The zero-order valence-corrected chi connectivity index (χ0v) is 10.5. The number of ether oxygens (including phenoxy) is 1. The molecule has 0 fully saturated rings. The Balaban J connectivity index is 2.91. The molecule has 0 amide bonds. The van der Waals surface area contributed by atoms with Gasteiger partial charge in [0.25, 0.3) is 0 Å². The van der Waals surface area contributed by atoms with Crippen LogP contribution in [0, 0.1) is 11.8 Å². The molecule has 0 bridgehead atoms. The average Bonchev–Trinajstić information content (AvgIpc) is 2.68. The van der Waals surface area contributed by atoms with Gasteiger partial charge in [-0.3, -0.25) is 4.79 Å². The number of hydrogen-bond acceptors (Lipinski definition) is 3. The third-order valence-corrected chi connectivity index (χ3v) is 3.53. The van der Waals surface area contributed by atoms with Crippen molar-refractivity contribution in [2.24, 2.45) is 11.8 Å². The van der Waals surface area contributed by atoms with Crippen molar-refractivity contribution in [2.75, 3.05) is 7.11 Å². The number of Topliss-reactive ketones (excluding diaryl/α,β-unsaturated/α-hetero) is 1. The Morgan fingerprint density at radius 2 is 2.12 bits per heavy atom. The number of hydrogen-bond donors (Lipinski definition) is 0. The fourth-order valence-electron chi connectivity index (χ4n) is 2.45. The third kappa shape index (κ3) is 2.34. The molecule has 0 spiro atoms. The van der Waals surface area contributed by atoms with E-state index in [1.54, 1.807) is 0 Å². The van der Waals surface area contributed by atoms with E-state index in [0.29, 0.717) is 6.42 Å². The van der Waals surface area contributed by atoms with E-state index in [-0.39, 0.29) is 23.6 Å². The first-order valence-electron chi connectivity index (χ1n) is 5.83. The highest BCUT2D eigenvalue weighted by atomic mass is 16.5. The fraction of sp³-hybridized carbons (Fsp3) is 0.692. The SMILES string of the molecule is CCC(=O)[C@@H](C)[C@H]1CCC(C)=C1C(=O)OC. The van der Waals surface area contributed by atoms with Gasteiger partial charge in [-0.05, 0) is 19.8 Å². The summed E-state index contributed by atoms with van der Waals surface area (Å²) in [5.41, 5.74) is 1.81. The predicted octanol–water partition coefficient (Wildman–Crippen LogP) is 2.50. The highest BCUT2D eigenvalue weighted by Gasteiger charge is 2.35. The first-order valence-corrected chi connectivity index (χ1v) is 5.83. The lowest BCUT2D eigenvalue weighted by molar-refractivity contribution is -0.137. The molecule has 2 atom stereocenters. The molecule has 3 nitrogen and oxygen atoms in total. The minimum Gasteiger partial charge on any atom is -0.466 e. The molecular formula is C13H20O3. The summed E-state index contributed by atoms with van der Waals surface area (Å²) in [5, 5.41) is 0. The minimum atomic E-state index is -0.268. The Morgan fingerprint density at radius 3 is 2.62 bits per heavy atom. The van der Waals surface area contributed by atoms with Crippen LogP contribution < -0.4 is 0 Å². The van der Waals surface area contributed by atoms with Gasteiger partial charge in [0.1, 0.15) is 5.78 Å². The zero-order valence-electron chi connectivity index (χ0n) is 10.5. The van der Waals surface area contributed by atoms with Crippen molar-refractivity contribution in [3.05, 3.63) is 11.1 Å². The summed E-state index contributed by atoms with van der Waals surface area (Å²) in [4.78, 5) is 23.3. The Bertz CT molecular complexity index is 328. The average molecular weight is 224 g/mol. The van der Waals surface area contributed by atoms with Crippen molar-refractivity contribution in [1.29, 1.82) is 0 Å². The molecule has 0 radical (unpaired) electrons. The normalized spacial score (nSPS) is 22.1. The Hall–Kier alpha value is -1.12. The van der Waals surface area contributed by atoms with Gasteiger partial charge in [-0.2, -0.15) is 0 Å². The number of esters is 1. The van der Waals surface area contributed by atoms with Crippen LogP contribution in [-0.2, 0) is 14.3 Å². The molecule has 90 valence electrons. The largest absolute Gasteiger partial charge is 0.466 e. The second-order valence-corrected chi connectivity index (χ2v) is 4.44. The standard InChI is InChI=1S/C13H20O3/c1-5-11(14)9(3)10-7-6-8(2)12(10)13(15)16-4/h9-10H,5-7H2,1-4H3/t9-,10+/m0/s1. The summed E-state index contributed by atoms with van der Waals surface area (Å²) in [7, 11) is 1.39. The van der Waals surface area contributed by atoms with Gasteiger partial charge in [0.05, 0.1) is 7.11 Å². The number of methoxy groups -OCH3 is 1. The van der Waals surface area contributed by atoms with E-state index >= 15 is 0 Å². The van der Waals surface area contributed by atoms with Gasteiger partial charge >= 0.3 is 5.97 Å². The predicted molar refractivity (Wildman–Crippen MR) is 61.9 cm³/mol. The summed E-state index contributed by atoms with van der Waals surface area (Å²) >= 11 is 0. The second kappa shape index (κ2) is 5.28. The van der Waals surface area contributed by atoms with Crippen LogP contribution in [0.5, 0.6) is 0 Å². The van der Waals surface area contributed by atoms with Gasteiger partial charge in [-0.15, -0.1) is 0 Å². The summed E-state index contributed by atoms with van der Waals surface area (Å²) in [6.45, 7) is 5.73. The first kappa shape index (κ1) is 12.9. The molecule has 0 saturated heterocycles. The maximum absolute atomic E-state index is 11.7. The van der Waals surface area contributed by atoms with E-state index in [4.69, 9.17) is 4.74 Å². The number of allylic oxidation sites excluding steroid dienone is 1.